The lowest BCUT2D eigenvalue weighted by atomic mass is 9.97. The van der Waals surface area contributed by atoms with E-state index in [1.54, 1.807) is 0 Å². The molecule has 14 heteroatoms. The fraction of sp³-hybridized carbons (Fsp3) is 0.462. The molecular weight excluding hydrogens is 692 g/mol. The maximum absolute atomic E-state index is 12.4. The second kappa shape index (κ2) is 19.7. The van der Waals surface area contributed by atoms with Gasteiger partial charge in [0.2, 0.25) is 6.29 Å². The number of rotatable bonds is 16. The molecule has 2 heterocycles. The molecule has 2 fully saturated rings. The molecular formula is C39H46O14. The summed E-state index contributed by atoms with van der Waals surface area (Å²) in [5.74, 6) is -2.23. The Morgan fingerprint density at radius 1 is 0.547 bits per heavy atom. The standard InChI is InChI=1S/C39H46O14/c1-24(40)46-23-31-33(44)35(49-25(2)41)37(50-26(3)42)39(52-31)53-38-36(48-21-29-17-11-6-12-18-29)34(47-20-28-15-9-5-10-16-28)32(43)30(51-38)22-45-19-27-13-7-4-8-14-27/h4-18,30-39,43-44H,19-23H2,1-3H3/t30-,31-,32-,33+,34+,35+,36-,37-,38+,39+/m1/s1. The first-order chi connectivity index (χ1) is 25.6. The van der Waals surface area contributed by atoms with Gasteiger partial charge in [-0.1, -0.05) is 91.0 Å². The highest BCUT2D eigenvalue weighted by atomic mass is 16.8. The van der Waals surface area contributed by atoms with Crippen LogP contribution in [-0.2, 0) is 76.8 Å². The first kappa shape index (κ1) is 39.9. The molecule has 3 aromatic carbocycles. The van der Waals surface area contributed by atoms with Crippen LogP contribution in [0.25, 0.3) is 0 Å². The summed E-state index contributed by atoms with van der Waals surface area (Å²) in [6, 6.07) is 28.1. The predicted molar refractivity (Wildman–Crippen MR) is 184 cm³/mol. The molecule has 286 valence electrons. The van der Waals surface area contributed by atoms with E-state index in [0.717, 1.165) is 30.5 Å². The quantitative estimate of drug-likeness (QED) is 0.162. The molecule has 0 saturated carbocycles. The molecule has 53 heavy (non-hydrogen) atoms. The predicted octanol–water partition coefficient (Wildman–Crippen LogP) is 2.99. The molecule has 0 aromatic heterocycles. The summed E-state index contributed by atoms with van der Waals surface area (Å²) in [6.45, 7) is 3.28. The maximum atomic E-state index is 12.4. The molecule has 0 spiro atoms. The summed E-state index contributed by atoms with van der Waals surface area (Å²) in [7, 11) is 0. The molecule has 2 aliphatic heterocycles. The molecule has 0 amide bonds. The van der Waals surface area contributed by atoms with Crippen LogP contribution in [0, 0.1) is 0 Å². The van der Waals surface area contributed by atoms with Crippen molar-refractivity contribution in [3.8, 4) is 0 Å². The van der Waals surface area contributed by atoms with Crippen LogP contribution in [0.1, 0.15) is 37.5 Å². The Balaban J connectivity index is 1.48. The highest BCUT2D eigenvalue weighted by Gasteiger charge is 2.54. The number of benzene rings is 3. The van der Waals surface area contributed by atoms with Crippen LogP contribution in [0.5, 0.6) is 0 Å². The van der Waals surface area contributed by atoms with Crippen molar-refractivity contribution in [2.75, 3.05) is 13.2 Å². The van der Waals surface area contributed by atoms with Crippen LogP contribution >= 0.6 is 0 Å². The zero-order valence-electron chi connectivity index (χ0n) is 29.8. The molecule has 5 rings (SSSR count). The summed E-state index contributed by atoms with van der Waals surface area (Å²) in [5, 5.41) is 23.0. The van der Waals surface area contributed by atoms with Crippen molar-refractivity contribution >= 4 is 17.9 Å². The highest BCUT2D eigenvalue weighted by molar-refractivity contribution is 5.67. The van der Waals surface area contributed by atoms with E-state index in [1.165, 1.54) is 6.92 Å². The fourth-order valence-corrected chi connectivity index (χ4v) is 6.02. The monoisotopic (exact) mass is 738 g/mol. The van der Waals surface area contributed by atoms with Gasteiger partial charge >= 0.3 is 17.9 Å². The van der Waals surface area contributed by atoms with Crippen LogP contribution in [-0.4, -0.2) is 103 Å². The van der Waals surface area contributed by atoms with Crippen molar-refractivity contribution < 1.29 is 67.2 Å². The van der Waals surface area contributed by atoms with Crippen LogP contribution < -0.4 is 0 Å². The van der Waals surface area contributed by atoms with E-state index in [-0.39, 0.29) is 26.4 Å². The van der Waals surface area contributed by atoms with Crippen LogP contribution in [0.15, 0.2) is 91.0 Å². The number of aliphatic hydroxyl groups excluding tert-OH is 2. The van der Waals surface area contributed by atoms with Crippen LogP contribution in [0.3, 0.4) is 0 Å². The Morgan fingerprint density at radius 2 is 0.981 bits per heavy atom. The lowest BCUT2D eigenvalue weighted by Gasteiger charge is -2.47. The molecule has 0 aliphatic carbocycles. The minimum Gasteiger partial charge on any atom is -0.463 e. The van der Waals surface area contributed by atoms with E-state index in [2.05, 4.69) is 0 Å². The molecule has 2 aliphatic rings. The van der Waals surface area contributed by atoms with E-state index in [9.17, 15) is 24.6 Å². The Hall–Kier alpha value is -4.25. The van der Waals surface area contributed by atoms with Crippen molar-refractivity contribution in [2.45, 2.75) is 102 Å². The van der Waals surface area contributed by atoms with Crippen molar-refractivity contribution in [2.24, 2.45) is 0 Å². The SMILES string of the molecule is CC(=O)OC[C@H]1O[C@@H](O[C@@H]2O[C@H](COCc3ccccc3)[C@@H](O)[C@H](OCc3ccccc3)[C@H]2OCc2ccccc2)[C@H](OC(C)=O)[C@@H](OC(C)=O)[C@H]1O. The molecule has 2 N–H and O–H groups in total. The van der Waals surface area contributed by atoms with Gasteiger partial charge in [-0.25, -0.2) is 0 Å². The van der Waals surface area contributed by atoms with E-state index in [1.807, 2.05) is 91.0 Å². The van der Waals surface area contributed by atoms with Gasteiger partial charge in [0.1, 0.15) is 43.2 Å². The van der Waals surface area contributed by atoms with Crippen LogP contribution in [0.4, 0.5) is 0 Å². The van der Waals surface area contributed by atoms with E-state index < -0.39 is 85.9 Å². The molecule has 14 nitrogen and oxygen atoms in total. The molecule has 0 bridgehead atoms. The van der Waals surface area contributed by atoms with Crippen molar-refractivity contribution in [3.63, 3.8) is 0 Å². The minimum atomic E-state index is -1.59. The first-order valence-corrected chi connectivity index (χ1v) is 17.3. The minimum absolute atomic E-state index is 0.0601. The van der Waals surface area contributed by atoms with Gasteiger partial charge in [0.15, 0.2) is 18.5 Å². The Kier molecular flexibility index (Phi) is 14.9. The Labute approximate surface area is 307 Å². The largest absolute Gasteiger partial charge is 0.463 e. The number of aliphatic hydroxyl groups is 2. The van der Waals surface area contributed by atoms with Crippen molar-refractivity contribution in [1.82, 2.24) is 0 Å². The van der Waals surface area contributed by atoms with Gasteiger partial charge < -0.3 is 52.8 Å². The lowest BCUT2D eigenvalue weighted by Crippen LogP contribution is -2.65. The molecule has 3 aromatic rings. The van der Waals surface area contributed by atoms with Crippen molar-refractivity contribution in [3.05, 3.63) is 108 Å². The van der Waals surface area contributed by atoms with Crippen LogP contribution in [0.2, 0.25) is 0 Å². The summed E-state index contributed by atoms with van der Waals surface area (Å²) in [5.41, 5.74) is 2.54. The topological polar surface area (TPSA) is 175 Å². The van der Waals surface area contributed by atoms with Gasteiger partial charge in [-0.05, 0) is 16.7 Å². The van der Waals surface area contributed by atoms with E-state index >= 15 is 0 Å². The van der Waals surface area contributed by atoms with E-state index in [4.69, 9.17) is 42.6 Å². The third kappa shape index (κ3) is 11.6. The van der Waals surface area contributed by atoms with Gasteiger partial charge in [0.05, 0.1) is 26.4 Å². The third-order valence-corrected chi connectivity index (χ3v) is 8.52. The van der Waals surface area contributed by atoms with Gasteiger partial charge in [0.25, 0.3) is 0 Å². The zero-order valence-corrected chi connectivity index (χ0v) is 29.8. The average Bonchev–Trinajstić information content (AvgIpc) is 3.14. The van der Waals surface area contributed by atoms with Gasteiger partial charge in [-0.15, -0.1) is 0 Å². The normalized spacial score (nSPS) is 28.5. The number of ether oxygens (including phenoxy) is 9. The average molecular weight is 739 g/mol. The summed E-state index contributed by atoms with van der Waals surface area (Å²) in [4.78, 5) is 36.3. The summed E-state index contributed by atoms with van der Waals surface area (Å²) >= 11 is 0. The lowest BCUT2D eigenvalue weighted by molar-refractivity contribution is -0.384. The number of carbonyl (C=O) groups is 3. The Morgan fingerprint density at radius 3 is 1.49 bits per heavy atom. The third-order valence-electron chi connectivity index (χ3n) is 8.52. The van der Waals surface area contributed by atoms with Gasteiger partial charge in [-0.3, -0.25) is 14.4 Å². The maximum Gasteiger partial charge on any atom is 0.303 e. The van der Waals surface area contributed by atoms with Gasteiger partial charge in [0, 0.05) is 20.8 Å². The number of hydrogen-bond donors (Lipinski definition) is 2. The Bertz CT molecular complexity index is 1570. The second-order valence-corrected chi connectivity index (χ2v) is 12.7. The summed E-state index contributed by atoms with van der Waals surface area (Å²) in [6.07, 6.45) is -13.4. The van der Waals surface area contributed by atoms with Gasteiger partial charge in [-0.2, -0.15) is 0 Å². The zero-order chi connectivity index (χ0) is 37.7. The molecule has 2 saturated heterocycles. The molecule has 10 atom stereocenters. The number of carbonyl (C=O) groups excluding carboxylic acids is 3. The van der Waals surface area contributed by atoms with Crippen molar-refractivity contribution in [1.29, 1.82) is 0 Å². The van der Waals surface area contributed by atoms with E-state index in [0.29, 0.717) is 0 Å². The highest BCUT2D eigenvalue weighted by Crippen LogP contribution is 2.34. The fourth-order valence-electron chi connectivity index (χ4n) is 6.02. The number of hydrogen-bond acceptors (Lipinski definition) is 14. The smallest absolute Gasteiger partial charge is 0.303 e. The summed E-state index contributed by atoms with van der Waals surface area (Å²) < 4.78 is 53.7. The molecule has 0 unspecified atom stereocenters. The number of esters is 3. The second-order valence-electron chi connectivity index (χ2n) is 12.7. The first-order valence-electron chi connectivity index (χ1n) is 17.3. The molecule has 0 radical (unpaired) electrons.